The summed E-state index contributed by atoms with van der Waals surface area (Å²) in [6, 6.07) is 16.3. The number of amides is 1. The lowest BCUT2D eigenvalue weighted by Gasteiger charge is -2.34. The molecule has 1 fully saturated rings. The number of carbonyl (C=O) groups excluding carboxylic acids is 1. The molecule has 5 heteroatoms. The van der Waals surface area contributed by atoms with E-state index in [0.29, 0.717) is 23.6 Å². The molecule has 1 aliphatic carbocycles. The predicted molar refractivity (Wildman–Crippen MR) is 110 cm³/mol. The Morgan fingerprint density at radius 2 is 2.07 bits per heavy atom. The highest BCUT2D eigenvalue weighted by Gasteiger charge is 2.34. The molecule has 2 aromatic carbocycles. The van der Waals surface area contributed by atoms with E-state index in [2.05, 4.69) is 17.2 Å². The molecule has 0 saturated heterocycles. The molecule has 146 valence electrons. The van der Waals surface area contributed by atoms with Crippen LogP contribution in [0.3, 0.4) is 0 Å². The van der Waals surface area contributed by atoms with Crippen LogP contribution in [-0.4, -0.2) is 28.8 Å². The highest BCUT2D eigenvalue weighted by Crippen LogP contribution is 2.28. The molecule has 1 unspecified atom stereocenters. The number of halogens is 1. The standard InChI is InChI=1S/C23H24ClNO3/c1-17(28-21-10-3-2-4-11-21)22(26)25-20-9-6-13-23(27,16-20)14-12-18-7-5-8-19(24)15-18/h2-5,7-8,10-11,15,17,20,27H,6,9,13,16H2,1H3,(H,25,26)/t17?,20-,23+/m0/s1. The molecule has 1 aliphatic rings. The Morgan fingerprint density at radius 3 is 2.82 bits per heavy atom. The van der Waals surface area contributed by atoms with Crippen LogP contribution in [-0.2, 0) is 4.79 Å². The summed E-state index contributed by atoms with van der Waals surface area (Å²) in [6.07, 6.45) is 1.97. The Labute approximate surface area is 170 Å². The molecule has 0 bridgehead atoms. The maximum atomic E-state index is 12.5. The third kappa shape index (κ3) is 5.76. The van der Waals surface area contributed by atoms with Gasteiger partial charge in [-0.25, -0.2) is 0 Å². The molecular weight excluding hydrogens is 374 g/mol. The van der Waals surface area contributed by atoms with Crippen molar-refractivity contribution in [2.24, 2.45) is 0 Å². The summed E-state index contributed by atoms with van der Waals surface area (Å²) in [5, 5.41) is 14.5. The fourth-order valence-electron chi connectivity index (χ4n) is 3.32. The molecule has 0 spiro atoms. The van der Waals surface area contributed by atoms with Crippen LogP contribution in [0.2, 0.25) is 5.02 Å². The van der Waals surface area contributed by atoms with Gasteiger partial charge in [-0.2, -0.15) is 0 Å². The average Bonchev–Trinajstić information content (AvgIpc) is 2.67. The van der Waals surface area contributed by atoms with Gasteiger partial charge < -0.3 is 15.2 Å². The number of aliphatic hydroxyl groups is 1. The normalized spacial score (nSPS) is 22.5. The maximum absolute atomic E-state index is 12.5. The fourth-order valence-corrected chi connectivity index (χ4v) is 3.51. The van der Waals surface area contributed by atoms with Crippen molar-refractivity contribution in [3.05, 3.63) is 65.2 Å². The van der Waals surface area contributed by atoms with Crippen molar-refractivity contribution >= 4 is 17.5 Å². The number of para-hydroxylation sites is 1. The maximum Gasteiger partial charge on any atom is 0.260 e. The van der Waals surface area contributed by atoms with E-state index >= 15 is 0 Å². The number of rotatable bonds is 4. The van der Waals surface area contributed by atoms with Crippen molar-refractivity contribution in [2.45, 2.75) is 50.4 Å². The topological polar surface area (TPSA) is 58.6 Å². The Morgan fingerprint density at radius 1 is 1.29 bits per heavy atom. The van der Waals surface area contributed by atoms with E-state index in [1.165, 1.54) is 0 Å². The van der Waals surface area contributed by atoms with Gasteiger partial charge >= 0.3 is 0 Å². The molecule has 4 nitrogen and oxygen atoms in total. The first-order valence-electron chi connectivity index (χ1n) is 9.47. The molecule has 1 amide bonds. The summed E-state index contributed by atoms with van der Waals surface area (Å²) in [4.78, 5) is 12.5. The van der Waals surface area contributed by atoms with Gasteiger partial charge in [-0.05, 0) is 56.5 Å². The van der Waals surface area contributed by atoms with Gasteiger partial charge in [-0.3, -0.25) is 4.79 Å². The fraction of sp³-hybridized carbons (Fsp3) is 0.348. The predicted octanol–water partition coefficient (Wildman–Crippen LogP) is 3.95. The number of nitrogens with one attached hydrogen (secondary N) is 1. The largest absolute Gasteiger partial charge is 0.481 e. The molecule has 0 aliphatic heterocycles. The Bertz CT molecular complexity index is 874. The summed E-state index contributed by atoms with van der Waals surface area (Å²) in [5.41, 5.74) is -0.362. The van der Waals surface area contributed by atoms with Crippen LogP contribution in [0.15, 0.2) is 54.6 Å². The second-order valence-corrected chi connectivity index (χ2v) is 7.60. The number of benzene rings is 2. The third-order valence-corrected chi connectivity index (χ3v) is 5.00. The van der Waals surface area contributed by atoms with Crippen LogP contribution in [0.25, 0.3) is 0 Å². The third-order valence-electron chi connectivity index (χ3n) is 4.76. The van der Waals surface area contributed by atoms with Crippen LogP contribution < -0.4 is 10.1 Å². The minimum Gasteiger partial charge on any atom is -0.481 e. The Kier molecular flexibility index (Phi) is 6.61. The van der Waals surface area contributed by atoms with Crippen LogP contribution in [0, 0.1) is 11.8 Å². The van der Waals surface area contributed by atoms with Gasteiger partial charge in [0, 0.05) is 23.0 Å². The SMILES string of the molecule is CC(Oc1ccccc1)C(=O)N[C@H]1CCC[C@@](O)(C#Cc2cccc(Cl)c2)C1. The van der Waals surface area contributed by atoms with Gasteiger partial charge in [-0.1, -0.05) is 47.7 Å². The summed E-state index contributed by atoms with van der Waals surface area (Å²) in [6.45, 7) is 1.72. The van der Waals surface area contributed by atoms with Gasteiger partial charge in [-0.15, -0.1) is 0 Å². The summed E-state index contributed by atoms with van der Waals surface area (Å²) in [5.74, 6) is 6.44. The van der Waals surface area contributed by atoms with E-state index in [4.69, 9.17) is 16.3 Å². The van der Waals surface area contributed by atoms with E-state index in [-0.39, 0.29) is 11.9 Å². The first-order valence-corrected chi connectivity index (χ1v) is 9.84. The Balaban J connectivity index is 1.59. The van der Waals surface area contributed by atoms with Crippen LogP contribution >= 0.6 is 11.6 Å². The van der Waals surface area contributed by atoms with Gasteiger partial charge in [0.2, 0.25) is 0 Å². The molecule has 3 atom stereocenters. The monoisotopic (exact) mass is 397 g/mol. The quantitative estimate of drug-likeness (QED) is 0.768. The van der Waals surface area contributed by atoms with Crippen molar-refractivity contribution in [1.82, 2.24) is 5.32 Å². The minimum atomic E-state index is -1.12. The van der Waals surface area contributed by atoms with E-state index in [1.807, 2.05) is 42.5 Å². The average molecular weight is 398 g/mol. The van der Waals surface area contributed by atoms with Gasteiger partial charge in [0.1, 0.15) is 11.4 Å². The van der Waals surface area contributed by atoms with Crippen LogP contribution in [0.1, 0.15) is 38.2 Å². The number of carbonyl (C=O) groups is 1. The van der Waals surface area contributed by atoms with Crippen LogP contribution in [0.5, 0.6) is 5.75 Å². The highest BCUT2D eigenvalue weighted by molar-refractivity contribution is 6.30. The number of hydrogen-bond acceptors (Lipinski definition) is 3. The first-order chi connectivity index (χ1) is 13.4. The van der Waals surface area contributed by atoms with Gasteiger partial charge in [0.15, 0.2) is 6.10 Å². The zero-order valence-electron chi connectivity index (χ0n) is 15.8. The summed E-state index contributed by atoms with van der Waals surface area (Å²) >= 11 is 5.98. The zero-order chi connectivity index (χ0) is 20.0. The Hall–Kier alpha value is -2.48. The molecule has 2 aromatic rings. The van der Waals surface area contributed by atoms with E-state index < -0.39 is 11.7 Å². The van der Waals surface area contributed by atoms with Crippen molar-refractivity contribution < 1.29 is 14.6 Å². The lowest BCUT2D eigenvalue weighted by Crippen LogP contribution is -2.48. The molecule has 0 aromatic heterocycles. The van der Waals surface area contributed by atoms with E-state index in [9.17, 15) is 9.90 Å². The first kappa shape index (κ1) is 20.3. The highest BCUT2D eigenvalue weighted by atomic mass is 35.5. The van der Waals surface area contributed by atoms with Crippen LogP contribution in [0.4, 0.5) is 0 Å². The molecule has 0 heterocycles. The lowest BCUT2D eigenvalue weighted by atomic mass is 9.82. The molecule has 28 heavy (non-hydrogen) atoms. The molecule has 3 rings (SSSR count). The van der Waals surface area contributed by atoms with Crippen molar-refractivity contribution in [3.8, 4) is 17.6 Å². The van der Waals surface area contributed by atoms with E-state index in [0.717, 1.165) is 18.4 Å². The second kappa shape index (κ2) is 9.14. The summed E-state index contributed by atoms with van der Waals surface area (Å²) in [7, 11) is 0. The minimum absolute atomic E-state index is 0.137. The van der Waals surface area contributed by atoms with Gasteiger partial charge in [0.05, 0.1) is 0 Å². The van der Waals surface area contributed by atoms with E-state index in [1.54, 1.807) is 19.1 Å². The summed E-state index contributed by atoms with van der Waals surface area (Å²) < 4.78 is 5.67. The zero-order valence-corrected chi connectivity index (χ0v) is 16.6. The van der Waals surface area contributed by atoms with Crippen molar-refractivity contribution in [3.63, 3.8) is 0 Å². The lowest BCUT2D eigenvalue weighted by molar-refractivity contribution is -0.128. The van der Waals surface area contributed by atoms with Gasteiger partial charge in [0.25, 0.3) is 5.91 Å². The van der Waals surface area contributed by atoms with Crippen molar-refractivity contribution in [1.29, 1.82) is 0 Å². The molecule has 2 N–H and O–H groups in total. The second-order valence-electron chi connectivity index (χ2n) is 7.17. The number of ether oxygens (including phenoxy) is 1. The molecular formula is C23H24ClNO3. The smallest absolute Gasteiger partial charge is 0.260 e. The number of hydrogen-bond donors (Lipinski definition) is 2. The molecule has 1 saturated carbocycles. The van der Waals surface area contributed by atoms with Crippen molar-refractivity contribution in [2.75, 3.05) is 0 Å². The molecule has 0 radical (unpaired) electrons.